The Balaban J connectivity index is 1.31. The number of ether oxygens (including phenoxy) is 1. The number of carbonyl (C=O) groups is 2. The molecule has 0 bridgehead atoms. The monoisotopic (exact) mass is 482 g/mol. The lowest BCUT2D eigenvalue weighted by Gasteiger charge is -2.37. The minimum Gasteiger partial charge on any atom is -0.391 e. The number of piperazine rings is 1. The molecule has 9 heteroatoms. The number of aliphatic hydroxyl groups excluding tert-OH is 2. The van der Waals surface area contributed by atoms with Gasteiger partial charge in [0, 0.05) is 50.6 Å². The smallest absolute Gasteiger partial charge is 0.318 e. The fourth-order valence-corrected chi connectivity index (χ4v) is 4.51. The number of benzene rings is 2. The first-order chi connectivity index (χ1) is 17.0. The third kappa shape index (κ3) is 6.11. The fraction of sp³-hybridized carbons (Fsp3) is 0.462. The van der Waals surface area contributed by atoms with Crippen LogP contribution < -0.4 is 15.1 Å². The summed E-state index contributed by atoms with van der Waals surface area (Å²) in [6.07, 6.45) is -1.08. The van der Waals surface area contributed by atoms with E-state index in [1.165, 1.54) is 18.2 Å². The topological polar surface area (TPSA) is 106 Å². The maximum atomic E-state index is 12.5. The number of Topliss-reactive ketones (excluding diaryl/α,β-unsaturated/α-hetero) is 1. The number of aliphatic hydroxyl groups is 2. The summed E-state index contributed by atoms with van der Waals surface area (Å²) in [5.74, 6) is -0.609. The van der Waals surface area contributed by atoms with E-state index in [1.807, 2.05) is 0 Å². The highest BCUT2D eigenvalue weighted by Crippen LogP contribution is 2.26. The van der Waals surface area contributed by atoms with Gasteiger partial charge in [0.2, 0.25) is 0 Å². The summed E-state index contributed by atoms with van der Waals surface area (Å²) in [4.78, 5) is 30.5. The lowest BCUT2D eigenvalue weighted by Crippen LogP contribution is -2.57. The van der Waals surface area contributed by atoms with Crippen LogP contribution in [0.15, 0.2) is 48.5 Å². The normalized spacial score (nSPS) is 18.2. The summed E-state index contributed by atoms with van der Waals surface area (Å²) in [7, 11) is 0. The van der Waals surface area contributed by atoms with Crippen molar-refractivity contribution in [3.05, 3.63) is 48.5 Å². The maximum absolute atomic E-state index is 12.5. The number of anilines is 2. The van der Waals surface area contributed by atoms with Gasteiger partial charge in [0.1, 0.15) is 12.6 Å². The molecule has 3 N–H and O–H groups in total. The van der Waals surface area contributed by atoms with Crippen LogP contribution in [0.1, 0.15) is 6.92 Å². The summed E-state index contributed by atoms with van der Waals surface area (Å²) in [5, 5.41) is 21.3. The fourth-order valence-electron chi connectivity index (χ4n) is 4.51. The second-order valence-corrected chi connectivity index (χ2v) is 8.96. The van der Waals surface area contributed by atoms with Crippen molar-refractivity contribution in [2.24, 2.45) is 0 Å². The van der Waals surface area contributed by atoms with Gasteiger partial charge in [-0.2, -0.15) is 0 Å². The van der Waals surface area contributed by atoms with Gasteiger partial charge < -0.3 is 35.0 Å². The molecular formula is C26H34N4O5. The third-order valence-electron chi connectivity index (χ3n) is 6.64. The lowest BCUT2D eigenvalue weighted by molar-refractivity contribution is -0.125. The zero-order chi connectivity index (χ0) is 24.8. The Morgan fingerprint density at radius 2 is 1.34 bits per heavy atom. The van der Waals surface area contributed by atoms with E-state index in [-0.39, 0.29) is 0 Å². The van der Waals surface area contributed by atoms with Crippen LogP contribution in [-0.2, 0) is 9.53 Å². The predicted octanol–water partition coefficient (Wildman–Crippen LogP) is 1.33. The molecule has 0 aliphatic carbocycles. The minimum atomic E-state index is -1.11. The molecule has 0 aromatic heterocycles. The molecule has 35 heavy (non-hydrogen) atoms. The summed E-state index contributed by atoms with van der Waals surface area (Å²) < 4.78 is 5.43. The molecule has 9 nitrogen and oxygen atoms in total. The summed E-state index contributed by atoms with van der Waals surface area (Å²) in [6, 6.07) is 15.5. The van der Waals surface area contributed by atoms with Crippen LogP contribution in [0.3, 0.4) is 0 Å². The van der Waals surface area contributed by atoms with Crippen LogP contribution in [0.2, 0.25) is 0 Å². The molecule has 2 saturated heterocycles. The zero-order valence-electron chi connectivity index (χ0n) is 20.1. The number of morpholine rings is 1. The summed E-state index contributed by atoms with van der Waals surface area (Å²) >= 11 is 0. The molecular weight excluding hydrogens is 448 g/mol. The van der Waals surface area contributed by atoms with Crippen molar-refractivity contribution in [2.45, 2.75) is 19.1 Å². The largest absolute Gasteiger partial charge is 0.391 e. The van der Waals surface area contributed by atoms with E-state index in [0.717, 1.165) is 37.6 Å². The highest BCUT2D eigenvalue weighted by atomic mass is 16.5. The Labute approximate surface area is 205 Å². The Kier molecular flexibility index (Phi) is 8.22. The predicted molar refractivity (Wildman–Crippen MR) is 135 cm³/mol. The van der Waals surface area contributed by atoms with Crippen LogP contribution in [-0.4, -0.2) is 98.2 Å². The van der Waals surface area contributed by atoms with Gasteiger partial charge in [0.05, 0.1) is 19.3 Å². The average Bonchev–Trinajstić information content (AvgIpc) is 2.92. The molecule has 0 unspecified atom stereocenters. The summed E-state index contributed by atoms with van der Waals surface area (Å²) in [6.45, 7) is 6.39. The van der Waals surface area contributed by atoms with E-state index in [1.54, 1.807) is 4.90 Å². The molecule has 2 atom stereocenters. The van der Waals surface area contributed by atoms with Crippen LogP contribution in [0.5, 0.6) is 0 Å². The van der Waals surface area contributed by atoms with E-state index >= 15 is 0 Å². The van der Waals surface area contributed by atoms with E-state index < -0.39 is 30.6 Å². The molecule has 2 aromatic carbocycles. The lowest BCUT2D eigenvalue weighted by atomic mass is 10.0. The van der Waals surface area contributed by atoms with Crippen molar-refractivity contribution in [3.63, 3.8) is 0 Å². The van der Waals surface area contributed by atoms with E-state index in [0.29, 0.717) is 26.2 Å². The van der Waals surface area contributed by atoms with Crippen molar-refractivity contribution in [3.8, 4) is 11.1 Å². The highest BCUT2D eigenvalue weighted by Gasteiger charge is 2.28. The standard InChI is InChI=1S/C26H34N4O5/c1-19(32)25(24(33)18-31)27-26(34)30-12-10-28(11-13-30)22-6-2-20(3-7-22)21-4-8-23(9-5-21)29-14-16-35-17-15-29/h2-9,19,25,31-32H,10-18H2,1H3,(H,27,34)/t19-,25+/m0/s1. The Morgan fingerprint density at radius 1 is 0.857 bits per heavy atom. The van der Waals surface area contributed by atoms with Crippen LogP contribution in [0, 0.1) is 0 Å². The van der Waals surface area contributed by atoms with Gasteiger partial charge in [0.15, 0.2) is 5.78 Å². The van der Waals surface area contributed by atoms with Gasteiger partial charge in [-0.15, -0.1) is 0 Å². The van der Waals surface area contributed by atoms with Gasteiger partial charge in [-0.3, -0.25) is 4.79 Å². The molecule has 2 amide bonds. The average molecular weight is 483 g/mol. The van der Waals surface area contributed by atoms with Crippen LogP contribution in [0.4, 0.5) is 16.2 Å². The maximum Gasteiger partial charge on any atom is 0.318 e. The molecule has 188 valence electrons. The molecule has 2 fully saturated rings. The Hall–Kier alpha value is -3.14. The van der Waals surface area contributed by atoms with Gasteiger partial charge in [-0.1, -0.05) is 24.3 Å². The quantitative estimate of drug-likeness (QED) is 0.547. The number of nitrogens with zero attached hydrogens (tertiary/aromatic N) is 3. The first-order valence-electron chi connectivity index (χ1n) is 12.1. The number of urea groups is 1. The van der Waals surface area contributed by atoms with Crippen molar-refractivity contribution in [1.29, 1.82) is 0 Å². The minimum absolute atomic E-state index is 0.409. The number of nitrogens with one attached hydrogen (secondary N) is 1. The van der Waals surface area contributed by atoms with E-state index in [4.69, 9.17) is 9.84 Å². The molecule has 2 heterocycles. The van der Waals surface area contributed by atoms with Crippen LogP contribution in [0.25, 0.3) is 11.1 Å². The second-order valence-electron chi connectivity index (χ2n) is 8.96. The van der Waals surface area contributed by atoms with Crippen molar-refractivity contribution in [1.82, 2.24) is 10.2 Å². The van der Waals surface area contributed by atoms with E-state index in [2.05, 4.69) is 63.6 Å². The number of carbonyl (C=O) groups excluding carboxylic acids is 2. The zero-order valence-corrected chi connectivity index (χ0v) is 20.1. The Bertz CT molecular complexity index is 982. The SMILES string of the molecule is C[C@H](O)[C@@H](NC(=O)N1CCN(c2ccc(-c3ccc(N4CCOCC4)cc3)cc2)CC1)C(=O)CO. The van der Waals surface area contributed by atoms with Gasteiger partial charge in [-0.05, 0) is 42.3 Å². The van der Waals surface area contributed by atoms with Crippen LogP contribution >= 0.6 is 0 Å². The number of ketones is 1. The van der Waals surface area contributed by atoms with E-state index in [9.17, 15) is 14.7 Å². The number of hydrogen-bond donors (Lipinski definition) is 3. The van der Waals surface area contributed by atoms with Crippen molar-refractivity contribution < 1.29 is 24.5 Å². The highest BCUT2D eigenvalue weighted by molar-refractivity contribution is 5.89. The molecule has 0 spiro atoms. The summed E-state index contributed by atoms with van der Waals surface area (Å²) in [5.41, 5.74) is 4.63. The molecule has 2 aromatic rings. The number of rotatable bonds is 7. The van der Waals surface area contributed by atoms with Gasteiger partial charge in [-0.25, -0.2) is 4.79 Å². The first-order valence-corrected chi connectivity index (χ1v) is 12.1. The van der Waals surface area contributed by atoms with Crippen molar-refractivity contribution in [2.75, 3.05) is 68.9 Å². The van der Waals surface area contributed by atoms with Gasteiger partial charge >= 0.3 is 6.03 Å². The number of hydrogen-bond acceptors (Lipinski definition) is 7. The first kappa shape index (κ1) is 25.0. The molecule has 4 rings (SSSR count). The second kappa shape index (κ2) is 11.5. The van der Waals surface area contributed by atoms with Gasteiger partial charge in [0.25, 0.3) is 0 Å². The Morgan fingerprint density at radius 3 is 1.80 bits per heavy atom. The van der Waals surface area contributed by atoms with Crippen molar-refractivity contribution >= 4 is 23.2 Å². The number of amides is 2. The molecule has 2 aliphatic heterocycles. The molecule has 2 aliphatic rings. The molecule has 0 radical (unpaired) electrons. The molecule has 0 saturated carbocycles. The third-order valence-corrected chi connectivity index (χ3v) is 6.64.